The van der Waals surface area contributed by atoms with Crippen molar-refractivity contribution in [2.45, 2.75) is 52.7 Å². The molecule has 1 saturated carbocycles. The fraction of sp³-hybridized carbons (Fsp3) is 0.857. The van der Waals surface area contributed by atoms with Crippen molar-refractivity contribution in [3.05, 3.63) is 12.2 Å². The first-order chi connectivity index (χ1) is 9.00. The Bertz CT molecular complexity index is 376. The second kappa shape index (κ2) is 6.01. The van der Waals surface area contributed by atoms with E-state index in [1.807, 2.05) is 0 Å². The van der Waals surface area contributed by atoms with E-state index in [4.69, 9.17) is 9.26 Å². The van der Waals surface area contributed by atoms with Crippen molar-refractivity contribution in [2.24, 2.45) is 11.3 Å². The van der Waals surface area contributed by atoms with Crippen LogP contribution in [0.3, 0.4) is 0 Å². The van der Waals surface area contributed by atoms with Crippen LogP contribution in [0.1, 0.15) is 39.9 Å². The van der Waals surface area contributed by atoms with E-state index >= 15 is 0 Å². The maximum Gasteiger partial charge on any atom is 0.213 e. The number of nitrogens with one attached hydrogen (secondary N) is 1. The van der Waals surface area contributed by atoms with Gasteiger partial charge in [-0.3, -0.25) is 0 Å². The molecule has 2 atom stereocenters. The van der Waals surface area contributed by atoms with Crippen molar-refractivity contribution in [2.75, 3.05) is 13.2 Å². The zero-order valence-corrected chi connectivity index (χ0v) is 12.3. The highest BCUT2D eigenvalue weighted by atomic mass is 16.5. The molecule has 1 fully saturated rings. The average Bonchev–Trinajstić information content (AvgIpc) is 2.84. The van der Waals surface area contributed by atoms with Gasteiger partial charge in [-0.25, -0.2) is 0 Å². The summed E-state index contributed by atoms with van der Waals surface area (Å²) in [6.45, 7) is 10.6. The molecule has 0 amide bonds. The molecule has 0 saturated heterocycles. The van der Waals surface area contributed by atoms with Crippen molar-refractivity contribution in [1.82, 2.24) is 15.5 Å². The maximum atomic E-state index is 5.96. The number of nitrogens with zero attached hydrogens (tertiary/aromatic N) is 2. The van der Waals surface area contributed by atoms with E-state index in [0.717, 1.165) is 31.8 Å². The molecule has 2 rings (SSSR count). The number of aromatic nitrogens is 2. The monoisotopic (exact) mass is 267 g/mol. The normalized spacial score (nSPS) is 25.5. The molecule has 1 aliphatic rings. The molecule has 0 radical (unpaired) electrons. The van der Waals surface area contributed by atoms with Crippen LogP contribution >= 0.6 is 0 Å². The summed E-state index contributed by atoms with van der Waals surface area (Å²) in [6, 6.07) is 0.511. The molecule has 5 heteroatoms. The van der Waals surface area contributed by atoms with E-state index in [9.17, 15) is 0 Å². The highest BCUT2D eigenvalue weighted by Gasteiger charge is 2.48. The van der Waals surface area contributed by atoms with E-state index in [-0.39, 0.29) is 5.41 Å². The predicted molar refractivity (Wildman–Crippen MR) is 72.8 cm³/mol. The van der Waals surface area contributed by atoms with Crippen LogP contribution in [-0.4, -0.2) is 35.4 Å². The number of ether oxygens (including phenoxy) is 1. The summed E-state index contributed by atoms with van der Waals surface area (Å²) in [7, 11) is 0. The molecular weight excluding hydrogens is 242 g/mol. The zero-order chi connectivity index (χ0) is 13.9. The third-order valence-corrected chi connectivity index (χ3v) is 3.95. The fourth-order valence-electron chi connectivity index (χ4n) is 2.48. The van der Waals surface area contributed by atoms with Gasteiger partial charge in [-0.05, 0) is 12.3 Å². The van der Waals surface area contributed by atoms with E-state index in [1.54, 1.807) is 0 Å². The quantitative estimate of drug-likeness (QED) is 0.819. The molecule has 2 unspecified atom stereocenters. The van der Waals surface area contributed by atoms with Crippen molar-refractivity contribution >= 4 is 0 Å². The van der Waals surface area contributed by atoms with Crippen LogP contribution in [0.15, 0.2) is 10.9 Å². The minimum absolute atomic E-state index is 0.201. The van der Waals surface area contributed by atoms with E-state index in [2.05, 4.69) is 43.2 Å². The summed E-state index contributed by atoms with van der Waals surface area (Å²) in [6.07, 6.45) is 3.64. The summed E-state index contributed by atoms with van der Waals surface area (Å²) in [4.78, 5) is 4.01. The highest BCUT2D eigenvalue weighted by Crippen LogP contribution is 2.42. The highest BCUT2D eigenvalue weighted by molar-refractivity contribution is 5.03. The first-order valence-electron chi connectivity index (χ1n) is 7.10. The summed E-state index contributed by atoms with van der Waals surface area (Å²) < 4.78 is 10.7. The smallest absolute Gasteiger partial charge is 0.213 e. The van der Waals surface area contributed by atoms with E-state index < -0.39 is 0 Å². The topological polar surface area (TPSA) is 60.2 Å². The Morgan fingerprint density at radius 1 is 1.53 bits per heavy atom. The minimum atomic E-state index is 0.201. The molecule has 108 valence electrons. The van der Waals surface area contributed by atoms with Gasteiger partial charge in [0.25, 0.3) is 0 Å². The lowest BCUT2D eigenvalue weighted by Gasteiger charge is -2.52. The van der Waals surface area contributed by atoms with Gasteiger partial charge in [-0.2, -0.15) is 4.98 Å². The van der Waals surface area contributed by atoms with Gasteiger partial charge in [0.2, 0.25) is 6.39 Å². The van der Waals surface area contributed by atoms with Crippen molar-refractivity contribution in [3.63, 3.8) is 0 Å². The summed E-state index contributed by atoms with van der Waals surface area (Å²) in [5, 5.41) is 7.37. The Kier molecular flexibility index (Phi) is 4.58. The Hall–Kier alpha value is -0.940. The van der Waals surface area contributed by atoms with Gasteiger partial charge in [-0.1, -0.05) is 32.9 Å². The van der Waals surface area contributed by atoms with Gasteiger partial charge in [0, 0.05) is 31.0 Å². The van der Waals surface area contributed by atoms with Gasteiger partial charge >= 0.3 is 0 Å². The lowest BCUT2D eigenvalue weighted by atomic mass is 9.64. The second-order valence-corrected chi connectivity index (χ2v) is 6.38. The average molecular weight is 267 g/mol. The Morgan fingerprint density at radius 2 is 2.32 bits per heavy atom. The third-order valence-electron chi connectivity index (χ3n) is 3.95. The second-order valence-electron chi connectivity index (χ2n) is 6.38. The van der Waals surface area contributed by atoms with Gasteiger partial charge < -0.3 is 14.6 Å². The van der Waals surface area contributed by atoms with Crippen LogP contribution in [0.4, 0.5) is 0 Å². The molecule has 0 spiro atoms. The van der Waals surface area contributed by atoms with Gasteiger partial charge in [0.15, 0.2) is 5.82 Å². The first-order valence-corrected chi connectivity index (χ1v) is 7.10. The van der Waals surface area contributed by atoms with Gasteiger partial charge in [0.1, 0.15) is 0 Å². The van der Waals surface area contributed by atoms with Crippen LogP contribution in [0.5, 0.6) is 0 Å². The molecule has 1 aliphatic carbocycles. The molecule has 1 N–H and O–H groups in total. The van der Waals surface area contributed by atoms with E-state index in [1.165, 1.54) is 6.39 Å². The predicted octanol–water partition coefficient (Wildman–Crippen LogP) is 2.04. The van der Waals surface area contributed by atoms with Gasteiger partial charge in [-0.15, -0.1) is 0 Å². The molecule has 0 aliphatic heterocycles. The Balaban J connectivity index is 1.69. The summed E-state index contributed by atoms with van der Waals surface area (Å²) >= 11 is 0. The number of hydrogen-bond acceptors (Lipinski definition) is 5. The molecule has 0 bridgehead atoms. The molecule has 5 nitrogen and oxygen atoms in total. The Morgan fingerprint density at radius 3 is 2.89 bits per heavy atom. The standard InChI is InChI=1S/C14H25N3O2/c1-10(2)8-18-12-7-11(14(12,3)4)15-6-5-13-16-9-19-17-13/h9-12,15H,5-8H2,1-4H3. The zero-order valence-electron chi connectivity index (χ0n) is 12.3. The van der Waals surface area contributed by atoms with Gasteiger partial charge in [0.05, 0.1) is 6.10 Å². The van der Waals surface area contributed by atoms with Crippen LogP contribution in [0.2, 0.25) is 0 Å². The molecule has 0 aromatic carbocycles. The Labute approximate surface area is 115 Å². The van der Waals surface area contributed by atoms with Crippen LogP contribution < -0.4 is 5.32 Å². The van der Waals surface area contributed by atoms with Crippen LogP contribution in [0, 0.1) is 11.3 Å². The molecule has 1 aromatic rings. The third kappa shape index (κ3) is 3.54. The molecule has 19 heavy (non-hydrogen) atoms. The minimum Gasteiger partial charge on any atom is -0.377 e. The fourth-order valence-corrected chi connectivity index (χ4v) is 2.48. The van der Waals surface area contributed by atoms with Crippen molar-refractivity contribution < 1.29 is 9.26 Å². The molecular formula is C14H25N3O2. The maximum absolute atomic E-state index is 5.96. The van der Waals surface area contributed by atoms with Crippen LogP contribution in [0.25, 0.3) is 0 Å². The molecule has 1 heterocycles. The number of rotatable bonds is 7. The van der Waals surface area contributed by atoms with Crippen LogP contribution in [-0.2, 0) is 11.2 Å². The first kappa shape index (κ1) is 14.5. The molecule has 1 aromatic heterocycles. The summed E-state index contributed by atoms with van der Waals surface area (Å²) in [5.41, 5.74) is 0.201. The van der Waals surface area contributed by atoms with Crippen molar-refractivity contribution in [1.29, 1.82) is 0 Å². The lowest BCUT2D eigenvalue weighted by molar-refractivity contribution is -0.123. The van der Waals surface area contributed by atoms with Crippen molar-refractivity contribution in [3.8, 4) is 0 Å². The number of hydrogen-bond donors (Lipinski definition) is 1. The SMILES string of the molecule is CC(C)COC1CC(NCCc2ncon2)C1(C)C. The largest absolute Gasteiger partial charge is 0.377 e. The lowest BCUT2D eigenvalue weighted by Crippen LogP contribution is -2.61. The van der Waals surface area contributed by atoms with E-state index in [0.29, 0.717) is 18.1 Å². The summed E-state index contributed by atoms with van der Waals surface area (Å²) in [5.74, 6) is 1.36.